The maximum absolute atomic E-state index is 12.9. The molecule has 2 amide bonds. The van der Waals surface area contributed by atoms with Crippen molar-refractivity contribution in [3.63, 3.8) is 0 Å². The van der Waals surface area contributed by atoms with E-state index in [0.29, 0.717) is 44.7 Å². The van der Waals surface area contributed by atoms with E-state index >= 15 is 0 Å². The highest BCUT2D eigenvalue weighted by atomic mass is 16.5. The molecule has 242 valence electrons. The molecule has 1 aromatic heterocycles. The van der Waals surface area contributed by atoms with Gasteiger partial charge >= 0.3 is 5.97 Å². The van der Waals surface area contributed by atoms with Crippen LogP contribution in [0.4, 0.5) is 17.3 Å². The van der Waals surface area contributed by atoms with Crippen LogP contribution in [0.3, 0.4) is 0 Å². The number of nitrogens with zero attached hydrogens (tertiary/aromatic N) is 3. The Morgan fingerprint density at radius 1 is 1.04 bits per heavy atom. The van der Waals surface area contributed by atoms with Gasteiger partial charge in [0.15, 0.2) is 0 Å². The highest BCUT2D eigenvalue weighted by Gasteiger charge is 2.19. The summed E-state index contributed by atoms with van der Waals surface area (Å²) < 4.78 is 10.1. The van der Waals surface area contributed by atoms with Crippen molar-refractivity contribution in [2.75, 3.05) is 63.4 Å². The Balaban J connectivity index is 1.66. The van der Waals surface area contributed by atoms with Crippen LogP contribution in [0, 0.1) is 17.3 Å². The van der Waals surface area contributed by atoms with E-state index in [1.54, 1.807) is 37.3 Å². The molecule has 0 bridgehead atoms. The Labute approximate surface area is 266 Å². The number of nitrogen functional groups attached to an aromatic ring is 1. The smallest absolute Gasteiger partial charge is 0.339 e. The molecular formula is C32H37N7O7. The van der Waals surface area contributed by atoms with Crippen LogP contribution >= 0.6 is 0 Å². The molecule has 0 aliphatic carbocycles. The third-order valence-electron chi connectivity index (χ3n) is 6.63. The Hall–Kier alpha value is -5.52. The second-order valence-electron chi connectivity index (χ2n) is 9.86. The number of nitrogens with one attached hydrogen (secondary N) is 3. The largest absolute Gasteiger partial charge is 0.508 e. The molecule has 0 aliphatic rings. The van der Waals surface area contributed by atoms with Crippen LogP contribution in [0.5, 0.6) is 5.75 Å². The summed E-state index contributed by atoms with van der Waals surface area (Å²) >= 11 is 0. The zero-order valence-corrected chi connectivity index (χ0v) is 25.6. The molecule has 0 aliphatic heterocycles. The van der Waals surface area contributed by atoms with Crippen molar-refractivity contribution in [1.29, 1.82) is 5.41 Å². The molecule has 14 nitrogen and oxygen atoms in total. The quantitative estimate of drug-likeness (QED) is 0.0768. The first-order valence-corrected chi connectivity index (χ1v) is 14.3. The lowest BCUT2D eigenvalue weighted by Crippen LogP contribution is -2.36. The predicted molar refractivity (Wildman–Crippen MR) is 172 cm³/mol. The van der Waals surface area contributed by atoms with E-state index in [0.717, 1.165) is 0 Å². The first-order chi connectivity index (χ1) is 22.2. The van der Waals surface area contributed by atoms with E-state index in [-0.39, 0.29) is 64.3 Å². The van der Waals surface area contributed by atoms with Crippen molar-refractivity contribution in [2.45, 2.75) is 19.3 Å². The van der Waals surface area contributed by atoms with Gasteiger partial charge in [0.05, 0.1) is 42.3 Å². The van der Waals surface area contributed by atoms with Gasteiger partial charge in [0, 0.05) is 51.3 Å². The van der Waals surface area contributed by atoms with Crippen molar-refractivity contribution < 1.29 is 34.1 Å². The van der Waals surface area contributed by atoms with Crippen LogP contribution < -0.4 is 16.4 Å². The number of methoxy groups -OCH3 is 2. The van der Waals surface area contributed by atoms with Crippen LogP contribution in [0.1, 0.15) is 46.3 Å². The van der Waals surface area contributed by atoms with Gasteiger partial charge in [0.25, 0.3) is 0 Å². The van der Waals surface area contributed by atoms with E-state index in [2.05, 4.69) is 32.4 Å². The van der Waals surface area contributed by atoms with Crippen molar-refractivity contribution in [3.05, 3.63) is 71.0 Å². The van der Waals surface area contributed by atoms with Gasteiger partial charge < -0.3 is 41.0 Å². The lowest BCUT2D eigenvalue weighted by Gasteiger charge is -2.21. The maximum atomic E-state index is 12.9. The van der Waals surface area contributed by atoms with Crippen LogP contribution in [0.15, 0.2) is 48.8 Å². The lowest BCUT2D eigenvalue weighted by molar-refractivity contribution is -0.132. The average Bonchev–Trinajstić information content (AvgIpc) is 3.03. The Kier molecular flexibility index (Phi) is 13.4. The average molecular weight is 632 g/mol. The molecule has 2 aromatic carbocycles. The number of carbonyl (C=O) groups is 3. The van der Waals surface area contributed by atoms with Gasteiger partial charge in [-0.05, 0) is 30.7 Å². The number of nitrogens with two attached hydrogens (primary N) is 1. The highest BCUT2D eigenvalue weighted by Crippen LogP contribution is 2.24. The van der Waals surface area contributed by atoms with Crippen LogP contribution in [-0.4, -0.2) is 95.6 Å². The fourth-order valence-electron chi connectivity index (χ4n) is 4.34. The molecule has 3 aromatic rings. The fourth-order valence-corrected chi connectivity index (χ4v) is 4.34. The van der Waals surface area contributed by atoms with Gasteiger partial charge in [0.2, 0.25) is 11.8 Å². The summed E-state index contributed by atoms with van der Waals surface area (Å²) in [6, 6.07) is 10.6. The monoisotopic (exact) mass is 631 g/mol. The van der Waals surface area contributed by atoms with E-state index in [1.807, 2.05) is 0 Å². The molecule has 0 unspecified atom stereocenters. The van der Waals surface area contributed by atoms with E-state index < -0.39 is 11.9 Å². The molecule has 1 heterocycles. The van der Waals surface area contributed by atoms with Gasteiger partial charge in [-0.25, -0.2) is 14.8 Å². The van der Waals surface area contributed by atoms with Crippen LogP contribution in [0.2, 0.25) is 0 Å². The number of anilines is 3. The zero-order valence-electron chi connectivity index (χ0n) is 25.6. The number of phenolic OH excluding ortho intramolecular Hbond substituents is 1. The summed E-state index contributed by atoms with van der Waals surface area (Å²) in [5.41, 5.74) is 6.50. The first-order valence-electron chi connectivity index (χ1n) is 14.3. The van der Waals surface area contributed by atoms with Crippen molar-refractivity contribution in [2.24, 2.45) is 0 Å². The number of hydrogen-bond acceptors (Lipinski definition) is 11. The molecule has 0 fully saturated rings. The van der Waals surface area contributed by atoms with Crippen molar-refractivity contribution in [1.82, 2.24) is 14.9 Å². The molecule has 7 N–H and O–H groups in total. The number of aromatic hydroxyl groups is 1. The number of carboxylic acids is 1. The minimum Gasteiger partial charge on any atom is -0.508 e. The Morgan fingerprint density at radius 3 is 2.43 bits per heavy atom. The van der Waals surface area contributed by atoms with Gasteiger partial charge in [-0.1, -0.05) is 30.0 Å². The molecule has 0 spiro atoms. The minimum absolute atomic E-state index is 0.00966. The second kappa shape index (κ2) is 17.7. The van der Waals surface area contributed by atoms with Gasteiger partial charge in [0.1, 0.15) is 23.7 Å². The number of phenols is 1. The number of rotatable bonds is 16. The van der Waals surface area contributed by atoms with Gasteiger partial charge in [-0.2, -0.15) is 0 Å². The number of unbranched alkanes of at least 4 members (excludes halogenated alkanes) is 1. The maximum Gasteiger partial charge on any atom is 0.339 e. The van der Waals surface area contributed by atoms with E-state index in [1.165, 1.54) is 30.6 Å². The molecule has 0 atom stereocenters. The minimum atomic E-state index is -1.28. The third kappa shape index (κ3) is 10.0. The summed E-state index contributed by atoms with van der Waals surface area (Å²) in [5.74, 6) is 3.91. The van der Waals surface area contributed by atoms with Crippen molar-refractivity contribution in [3.8, 4) is 17.6 Å². The van der Waals surface area contributed by atoms with Crippen molar-refractivity contribution >= 4 is 40.8 Å². The molecule has 0 saturated carbocycles. The number of benzene rings is 2. The number of ether oxygens (including phenoxy) is 2. The lowest BCUT2D eigenvalue weighted by atomic mass is 10.0. The zero-order chi connectivity index (χ0) is 33.5. The molecule has 46 heavy (non-hydrogen) atoms. The van der Waals surface area contributed by atoms with E-state index in [4.69, 9.17) is 20.6 Å². The normalized spacial score (nSPS) is 10.4. The number of amides is 2. The van der Waals surface area contributed by atoms with E-state index in [9.17, 15) is 24.6 Å². The summed E-state index contributed by atoms with van der Waals surface area (Å²) in [7, 11) is 3.14. The number of carbonyl (C=O) groups excluding carboxylic acids is 2. The third-order valence-corrected chi connectivity index (χ3v) is 6.63. The number of carboxylic acid groups (broad SMARTS) is 1. The molecule has 3 rings (SSSR count). The van der Waals surface area contributed by atoms with Crippen LogP contribution in [0.25, 0.3) is 0 Å². The standard InChI is InChI=1S/C32H37N7O7/c1-45-16-14-39(15-17-46-2)26(42)13-5-3-4-8-21-9-7-12-24(27(21)32(43)44)38-25(41)19-35-31-28(30(34)36-20-37-31)29(33)22-10-6-11-23(40)18-22/h6-7,9-12,18,20,33,40H,3,5,13-17,19H2,1-2H3,(H,38,41)(H,43,44)(H3,34,35,36,37). The summed E-state index contributed by atoms with van der Waals surface area (Å²) in [5, 5.41) is 33.7. The first kappa shape index (κ1) is 35.0. The number of aromatic nitrogens is 2. The SMILES string of the molecule is COCCN(CCOC)C(=O)CCCC#Cc1cccc(NC(=O)CNc2ncnc(N)c2C(=N)c2cccc(O)c2)c1C(=O)O. The molecule has 0 saturated heterocycles. The summed E-state index contributed by atoms with van der Waals surface area (Å²) in [6.07, 6.45) is 2.28. The number of aromatic carboxylic acids is 1. The fraction of sp³-hybridized carbons (Fsp3) is 0.312. The molecular weight excluding hydrogens is 594 g/mol. The van der Waals surface area contributed by atoms with Gasteiger partial charge in [-0.15, -0.1) is 0 Å². The number of hydrogen-bond donors (Lipinski definition) is 6. The molecule has 14 heteroatoms. The topological polar surface area (TPSA) is 213 Å². The Morgan fingerprint density at radius 2 is 1.76 bits per heavy atom. The summed E-state index contributed by atoms with van der Waals surface area (Å²) in [4.78, 5) is 47.3. The highest BCUT2D eigenvalue weighted by molar-refractivity contribution is 6.16. The second-order valence-corrected chi connectivity index (χ2v) is 9.86. The van der Waals surface area contributed by atoms with Crippen LogP contribution in [-0.2, 0) is 19.1 Å². The molecule has 0 radical (unpaired) electrons. The van der Waals surface area contributed by atoms with Gasteiger partial charge in [-0.3, -0.25) is 15.0 Å². The summed E-state index contributed by atoms with van der Waals surface area (Å²) in [6.45, 7) is 1.40. The predicted octanol–water partition coefficient (Wildman–Crippen LogP) is 2.57. The Bertz CT molecular complexity index is 1610.